The number of hydrogen-bond donors (Lipinski definition) is 1. The SMILES string of the molecule is CCC1(CC)CC2(CCC(c3[nH]ncc3CN(C)CCN(C)C(=O)OC(C)(C)C)CC2)OC1=O. The zero-order chi connectivity index (χ0) is 25.1. The van der Waals surface area contributed by atoms with Gasteiger partial charge in [0.2, 0.25) is 0 Å². The molecule has 0 aromatic carbocycles. The summed E-state index contributed by atoms with van der Waals surface area (Å²) < 4.78 is 11.5. The fourth-order valence-corrected chi connectivity index (χ4v) is 5.45. The van der Waals surface area contributed by atoms with Crippen LogP contribution in [0.25, 0.3) is 0 Å². The number of carbonyl (C=O) groups excluding carboxylic acids is 2. The van der Waals surface area contributed by atoms with Crippen molar-refractivity contribution in [2.45, 2.75) is 103 Å². The van der Waals surface area contributed by atoms with Crippen molar-refractivity contribution in [3.63, 3.8) is 0 Å². The quantitative estimate of drug-likeness (QED) is 0.539. The lowest BCUT2D eigenvalue weighted by molar-refractivity contribution is -0.156. The smallest absolute Gasteiger partial charge is 0.410 e. The van der Waals surface area contributed by atoms with Crippen molar-refractivity contribution in [1.29, 1.82) is 0 Å². The van der Waals surface area contributed by atoms with Crippen molar-refractivity contribution < 1.29 is 19.1 Å². The average molecular weight is 477 g/mol. The summed E-state index contributed by atoms with van der Waals surface area (Å²) in [5.74, 6) is 0.411. The predicted octanol–water partition coefficient (Wildman–Crippen LogP) is 4.86. The van der Waals surface area contributed by atoms with Gasteiger partial charge in [0.05, 0.1) is 11.6 Å². The largest absolute Gasteiger partial charge is 0.459 e. The molecule has 2 aliphatic rings. The molecule has 0 bridgehead atoms. The highest BCUT2D eigenvalue weighted by Crippen LogP contribution is 2.53. The van der Waals surface area contributed by atoms with Gasteiger partial charge in [0.1, 0.15) is 11.2 Å². The number of esters is 1. The Morgan fingerprint density at radius 1 is 1.21 bits per heavy atom. The molecular weight excluding hydrogens is 432 g/mol. The molecule has 0 atom stereocenters. The summed E-state index contributed by atoms with van der Waals surface area (Å²) >= 11 is 0. The summed E-state index contributed by atoms with van der Waals surface area (Å²) in [4.78, 5) is 28.7. The van der Waals surface area contributed by atoms with Gasteiger partial charge in [-0.15, -0.1) is 0 Å². The minimum Gasteiger partial charge on any atom is -0.459 e. The molecule has 1 saturated heterocycles. The summed E-state index contributed by atoms with van der Waals surface area (Å²) in [6.45, 7) is 11.9. The number of nitrogens with zero attached hydrogens (tertiary/aromatic N) is 3. The van der Waals surface area contributed by atoms with Crippen LogP contribution in [0, 0.1) is 5.41 Å². The van der Waals surface area contributed by atoms with E-state index in [-0.39, 0.29) is 23.1 Å². The van der Waals surface area contributed by atoms with Crippen LogP contribution in [0.5, 0.6) is 0 Å². The number of aromatic nitrogens is 2. The highest BCUT2D eigenvalue weighted by Gasteiger charge is 2.55. The lowest BCUT2D eigenvalue weighted by Crippen LogP contribution is -2.38. The van der Waals surface area contributed by atoms with Crippen molar-refractivity contribution in [3.8, 4) is 0 Å². The van der Waals surface area contributed by atoms with Crippen molar-refractivity contribution >= 4 is 12.1 Å². The molecule has 8 nitrogen and oxygen atoms in total. The second-order valence-corrected chi connectivity index (χ2v) is 11.5. The van der Waals surface area contributed by atoms with Crippen molar-refractivity contribution in [2.24, 2.45) is 5.41 Å². The first-order chi connectivity index (χ1) is 15.9. The molecular formula is C26H44N4O4. The summed E-state index contributed by atoms with van der Waals surface area (Å²) in [6.07, 6.45) is 8.02. The zero-order valence-electron chi connectivity index (χ0n) is 22.2. The predicted molar refractivity (Wildman–Crippen MR) is 131 cm³/mol. The van der Waals surface area contributed by atoms with E-state index in [1.165, 1.54) is 11.3 Å². The van der Waals surface area contributed by atoms with E-state index in [9.17, 15) is 9.59 Å². The number of likely N-dealkylation sites (N-methyl/N-ethyl adjacent to an activating group) is 2. The van der Waals surface area contributed by atoms with Gasteiger partial charge in [0.15, 0.2) is 0 Å². The van der Waals surface area contributed by atoms with Crippen LogP contribution >= 0.6 is 0 Å². The number of aromatic amines is 1. The van der Waals surface area contributed by atoms with E-state index in [4.69, 9.17) is 9.47 Å². The first-order valence-corrected chi connectivity index (χ1v) is 12.8. The minimum atomic E-state index is -0.493. The third kappa shape index (κ3) is 5.93. The van der Waals surface area contributed by atoms with Crippen LogP contribution in [-0.2, 0) is 20.8 Å². The maximum absolute atomic E-state index is 12.7. The fraction of sp³-hybridized carbons (Fsp3) is 0.808. The van der Waals surface area contributed by atoms with E-state index in [0.717, 1.165) is 58.0 Å². The Morgan fingerprint density at radius 2 is 1.85 bits per heavy atom. The van der Waals surface area contributed by atoms with E-state index in [0.29, 0.717) is 12.5 Å². The molecule has 192 valence electrons. The standard InChI is InChI=1S/C26H44N4O4/c1-8-25(9-2)18-26(33-22(25)31)12-10-19(11-13-26)21-20(16-27-28-21)17-29(6)14-15-30(7)23(32)34-24(3,4)5/h16,19H,8-15,17-18H2,1-7H3,(H,27,28). The Labute approximate surface area is 204 Å². The van der Waals surface area contributed by atoms with Crippen molar-refractivity contribution in [3.05, 3.63) is 17.5 Å². The normalized spacial score (nSPS) is 24.5. The van der Waals surface area contributed by atoms with Gasteiger partial charge in [-0.25, -0.2) is 4.79 Å². The molecule has 0 radical (unpaired) electrons. The van der Waals surface area contributed by atoms with Crippen LogP contribution in [-0.4, -0.2) is 70.4 Å². The van der Waals surface area contributed by atoms with E-state index in [1.807, 2.05) is 27.0 Å². The number of carbonyl (C=O) groups is 2. The number of H-pyrrole nitrogens is 1. The zero-order valence-corrected chi connectivity index (χ0v) is 22.2. The minimum absolute atomic E-state index is 0.0103. The Kier molecular flexibility index (Phi) is 8.00. The Balaban J connectivity index is 1.53. The molecule has 1 saturated carbocycles. The summed E-state index contributed by atoms with van der Waals surface area (Å²) in [5.41, 5.74) is 1.34. The van der Waals surface area contributed by atoms with Crippen LogP contribution in [0.4, 0.5) is 4.79 Å². The highest BCUT2D eigenvalue weighted by molar-refractivity contribution is 5.79. The second kappa shape index (κ2) is 10.3. The van der Waals surface area contributed by atoms with Gasteiger partial charge < -0.3 is 19.3 Å². The van der Waals surface area contributed by atoms with E-state index >= 15 is 0 Å². The maximum Gasteiger partial charge on any atom is 0.410 e. The summed E-state index contributed by atoms with van der Waals surface area (Å²) in [6, 6.07) is 0. The first kappa shape index (κ1) is 26.5. The summed E-state index contributed by atoms with van der Waals surface area (Å²) in [5, 5.41) is 7.59. The average Bonchev–Trinajstić information content (AvgIpc) is 3.33. The lowest BCUT2D eigenvalue weighted by atomic mass is 9.69. The maximum atomic E-state index is 12.7. The van der Waals surface area contributed by atoms with Crippen LogP contribution in [0.15, 0.2) is 6.20 Å². The topological polar surface area (TPSA) is 87.8 Å². The van der Waals surface area contributed by atoms with E-state index < -0.39 is 5.60 Å². The molecule has 8 heteroatoms. The van der Waals surface area contributed by atoms with E-state index in [1.54, 1.807) is 11.9 Å². The molecule has 2 fully saturated rings. The molecule has 34 heavy (non-hydrogen) atoms. The van der Waals surface area contributed by atoms with E-state index in [2.05, 4.69) is 36.0 Å². The molecule has 3 rings (SSSR count). The van der Waals surface area contributed by atoms with Gasteiger partial charge in [-0.1, -0.05) is 13.8 Å². The number of ether oxygens (including phenoxy) is 2. The monoisotopic (exact) mass is 476 g/mol. The molecule has 2 heterocycles. The fourth-order valence-electron chi connectivity index (χ4n) is 5.45. The van der Waals surface area contributed by atoms with Crippen LogP contribution in [0.2, 0.25) is 0 Å². The molecule has 1 aromatic rings. The third-order valence-corrected chi connectivity index (χ3v) is 7.78. The molecule has 1 N–H and O–H groups in total. The molecule has 1 amide bonds. The Bertz CT molecular complexity index is 847. The lowest BCUT2D eigenvalue weighted by Gasteiger charge is -2.36. The number of rotatable bonds is 8. The van der Waals surface area contributed by atoms with Crippen LogP contribution in [0.1, 0.15) is 96.7 Å². The third-order valence-electron chi connectivity index (χ3n) is 7.78. The van der Waals surface area contributed by atoms with Crippen molar-refractivity contribution in [2.75, 3.05) is 27.2 Å². The van der Waals surface area contributed by atoms with Gasteiger partial charge in [-0.2, -0.15) is 5.10 Å². The molecule has 1 aliphatic carbocycles. The van der Waals surface area contributed by atoms with Gasteiger partial charge in [-0.3, -0.25) is 9.89 Å². The molecule has 1 spiro atoms. The number of amides is 1. The molecule has 0 unspecified atom stereocenters. The summed E-state index contributed by atoms with van der Waals surface area (Å²) in [7, 11) is 3.83. The first-order valence-electron chi connectivity index (χ1n) is 12.8. The Hall–Kier alpha value is -2.09. The van der Waals surface area contributed by atoms with Gasteiger partial charge in [0, 0.05) is 50.3 Å². The van der Waals surface area contributed by atoms with Crippen molar-refractivity contribution in [1.82, 2.24) is 20.0 Å². The van der Waals surface area contributed by atoms with Gasteiger partial charge in [-0.05, 0) is 66.3 Å². The van der Waals surface area contributed by atoms with Crippen LogP contribution in [0.3, 0.4) is 0 Å². The number of hydrogen-bond acceptors (Lipinski definition) is 6. The Morgan fingerprint density at radius 3 is 2.41 bits per heavy atom. The second-order valence-electron chi connectivity index (χ2n) is 11.5. The number of nitrogens with one attached hydrogen (secondary N) is 1. The van der Waals surface area contributed by atoms with Gasteiger partial charge >= 0.3 is 12.1 Å². The highest BCUT2D eigenvalue weighted by atomic mass is 16.6. The van der Waals surface area contributed by atoms with Crippen LogP contribution < -0.4 is 0 Å². The van der Waals surface area contributed by atoms with Gasteiger partial charge in [0.25, 0.3) is 0 Å². The molecule has 1 aromatic heterocycles. The molecule has 1 aliphatic heterocycles.